The van der Waals surface area contributed by atoms with Crippen LogP contribution in [-0.4, -0.2) is 29.8 Å². The molecule has 1 N–H and O–H groups in total. The van der Waals surface area contributed by atoms with Gasteiger partial charge in [-0.3, -0.25) is 0 Å². The predicted octanol–water partition coefficient (Wildman–Crippen LogP) is 1.94. The Bertz CT molecular complexity index is 119. The van der Waals surface area contributed by atoms with Crippen LogP contribution < -0.4 is 0 Å². The van der Waals surface area contributed by atoms with Crippen molar-refractivity contribution < 1.29 is 9.84 Å². The maximum Gasteiger partial charge on any atom is 0.0589 e. The fourth-order valence-corrected chi connectivity index (χ4v) is 1.81. The van der Waals surface area contributed by atoms with E-state index in [1.54, 1.807) is 0 Å². The molecule has 1 aliphatic heterocycles. The van der Waals surface area contributed by atoms with Crippen molar-refractivity contribution in [2.45, 2.75) is 43.6 Å². The van der Waals surface area contributed by atoms with E-state index in [0.717, 1.165) is 38.7 Å². The molecule has 1 heterocycles. The van der Waals surface area contributed by atoms with Crippen LogP contribution >= 0.6 is 11.6 Å². The number of unbranched alkanes of at least 4 members (excludes halogenated alkanes) is 1. The lowest BCUT2D eigenvalue weighted by Crippen LogP contribution is -2.25. The molecule has 0 amide bonds. The SMILES string of the molecule is OCCCCC1CC(Cl)CCO1. The summed E-state index contributed by atoms with van der Waals surface area (Å²) in [6.45, 7) is 1.09. The second kappa shape index (κ2) is 5.79. The number of ether oxygens (including phenoxy) is 1. The highest BCUT2D eigenvalue weighted by Gasteiger charge is 2.19. The van der Waals surface area contributed by atoms with Crippen molar-refractivity contribution in [2.24, 2.45) is 0 Å². The molecule has 1 saturated heterocycles. The summed E-state index contributed by atoms with van der Waals surface area (Å²) in [6, 6.07) is 0. The lowest BCUT2D eigenvalue weighted by Gasteiger charge is -2.25. The molecule has 0 aromatic carbocycles. The zero-order valence-electron chi connectivity index (χ0n) is 7.34. The Hall–Kier alpha value is 0.210. The molecular formula is C9H17ClO2. The standard InChI is InChI=1S/C9H17ClO2/c10-8-4-6-12-9(7-8)3-1-2-5-11/h8-9,11H,1-7H2. The van der Waals surface area contributed by atoms with Crippen LogP contribution in [0.1, 0.15) is 32.1 Å². The highest BCUT2D eigenvalue weighted by molar-refractivity contribution is 6.20. The molecule has 1 fully saturated rings. The minimum absolute atomic E-state index is 0.289. The largest absolute Gasteiger partial charge is 0.396 e. The van der Waals surface area contributed by atoms with Crippen molar-refractivity contribution >= 4 is 11.6 Å². The number of halogens is 1. The Morgan fingerprint density at radius 2 is 2.25 bits per heavy atom. The summed E-state index contributed by atoms with van der Waals surface area (Å²) in [5.74, 6) is 0. The zero-order chi connectivity index (χ0) is 8.81. The molecule has 0 aliphatic carbocycles. The molecule has 2 nitrogen and oxygen atoms in total. The molecule has 1 aliphatic rings. The topological polar surface area (TPSA) is 29.5 Å². The van der Waals surface area contributed by atoms with Gasteiger partial charge >= 0.3 is 0 Å². The van der Waals surface area contributed by atoms with Gasteiger partial charge < -0.3 is 9.84 Å². The van der Waals surface area contributed by atoms with Gasteiger partial charge in [0.25, 0.3) is 0 Å². The number of aliphatic hydroxyl groups excluding tert-OH is 1. The highest BCUT2D eigenvalue weighted by Crippen LogP contribution is 2.21. The third kappa shape index (κ3) is 3.74. The van der Waals surface area contributed by atoms with Gasteiger partial charge in [-0.05, 0) is 32.1 Å². The Labute approximate surface area is 78.9 Å². The second-order valence-electron chi connectivity index (χ2n) is 3.33. The summed E-state index contributed by atoms with van der Waals surface area (Å²) in [6.07, 6.45) is 5.28. The third-order valence-electron chi connectivity index (χ3n) is 2.24. The summed E-state index contributed by atoms with van der Waals surface area (Å²) < 4.78 is 5.53. The first kappa shape index (κ1) is 10.3. The minimum Gasteiger partial charge on any atom is -0.396 e. The van der Waals surface area contributed by atoms with Crippen molar-refractivity contribution in [1.82, 2.24) is 0 Å². The van der Waals surface area contributed by atoms with E-state index in [1.807, 2.05) is 0 Å². The van der Waals surface area contributed by atoms with Crippen molar-refractivity contribution in [3.8, 4) is 0 Å². The smallest absolute Gasteiger partial charge is 0.0589 e. The van der Waals surface area contributed by atoms with Gasteiger partial charge in [0.1, 0.15) is 0 Å². The lowest BCUT2D eigenvalue weighted by molar-refractivity contribution is 0.0111. The molecule has 0 radical (unpaired) electrons. The molecule has 2 atom stereocenters. The van der Waals surface area contributed by atoms with E-state index in [1.165, 1.54) is 0 Å². The first-order chi connectivity index (χ1) is 5.83. The second-order valence-corrected chi connectivity index (χ2v) is 3.95. The van der Waals surface area contributed by atoms with Gasteiger partial charge in [0.2, 0.25) is 0 Å². The summed E-state index contributed by atoms with van der Waals surface area (Å²) in [7, 11) is 0. The third-order valence-corrected chi connectivity index (χ3v) is 2.63. The van der Waals surface area contributed by atoms with Gasteiger partial charge in [0, 0.05) is 18.6 Å². The number of hydrogen-bond acceptors (Lipinski definition) is 2. The maximum absolute atomic E-state index is 8.58. The molecule has 0 bridgehead atoms. The Morgan fingerprint density at radius 1 is 1.42 bits per heavy atom. The number of alkyl halides is 1. The molecular weight excluding hydrogens is 176 g/mol. The minimum atomic E-state index is 0.289. The van der Waals surface area contributed by atoms with Crippen LogP contribution in [-0.2, 0) is 4.74 Å². The van der Waals surface area contributed by atoms with Crippen molar-refractivity contribution in [2.75, 3.05) is 13.2 Å². The van der Waals surface area contributed by atoms with E-state index >= 15 is 0 Å². The molecule has 72 valence electrons. The van der Waals surface area contributed by atoms with Crippen LogP contribution in [0.25, 0.3) is 0 Å². The van der Waals surface area contributed by atoms with Crippen molar-refractivity contribution in [3.63, 3.8) is 0 Å². The average molecular weight is 193 g/mol. The van der Waals surface area contributed by atoms with Gasteiger partial charge in [-0.15, -0.1) is 11.6 Å². The van der Waals surface area contributed by atoms with E-state index in [2.05, 4.69) is 0 Å². The molecule has 1 rings (SSSR count). The lowest BCUT2D eigenvalue weighted by atomic mass is 10.0. The quantitative estimate of drug-likeness (QED) is 0.545. The van der Waals surface area contributed by atoms with Crippen LogP contribution in [0, 0.1) is 0 Å². The molecule has 0 aromatic heterocycles. The van der Waals surface area contributed by atoms with Crippen LogP contribution in [0.5, 0.6) is 0 Å². The number of aliphatic hydroxyl groups is 1. The molecule has 3 heteroatoms. The van der Waals surface area contributed by atoms with E-state index in [-0.39, 0.29) is 6.61 Å². The predicted molar refractivity (Wildman–Crippen MR) is 49.6 cm³/mol. The normalized spacial score (nSPS) is 30.5. The Kier molecular flexibility index (Phi) is 4.96. The molecule has 12 heavy (non-hydrogen) atoms. The molecule has 0 aromatic rings. The fraction of sp³-hybridized carbons (Fsp3) is 1.00. The first-order valence-electron chi connectivity index (χ1n) is 4.69. The number of hydrogen-bond donors (Lipinski definition) is 1. The van der Waals surface area contributed by atoms with Crippen LogP contribution in [0.15, 0.2) is 0 Å². The van der Waals surface area contributed by atoms with E-state index in [0.29, 0.717) is 11.5 Å². The van der Waals surface area contributed by atoms with Gasteiger partial charge in [-0.2, -0.15) is 0 Å². The summed E-state index contributed by atoms with van der Waals surface area (Å²) in [5, 5.41) is 8.88. The van der Waals surface area contributed by atoms with Crippen LogP contribution in [0.3, 0.4) is 0 Å². The first-order valence-corrected chi connectivity index (χ1v) is 5.13. The summed E-state index contributed by atoms with van der Waals surface area (Å²) in [4.78, 5) is 0. The van der Waals surface area contributed by atoms with E-state index in [9.17, 15) is 0 Å². The average Bonchev–Trinajstić information content (AvgIpc) is 2.05. The Balaban J connectivity index is 2.06. The van der Waals surface area contributed by atoms with Gasteiger partial charge in [0.05, 0.1) is 6.10 Å². The maximum atomic E-state index is 8.58. The van der Waals surface area contributed by atoms with Gasteiger partial charge in [0.15, 0.2) is 0 Å². The van der Waals surface area contributed by atoms with E-state index < -0.39 is 0 Å². The molecule has 2 unspecified atom stereocenters. The van der Waals surface area contributed by atoms with Crippen molar-refractivity contribution in [1.29, 1.82) is 0 Å². The molecule has 0 saturated carbocycles. The van der Waals surface area contributed by atoms with Crippen molar-refractivity contribution in [3.05, 3.63) is 0 Å². The zero-order valence-corrected chi connectivity index (χ0v) is 8.09. The van der Waals surface area contributed by atoms with Crippen LogP contribution in [0.4, 0.5) is 0 Å². The van der Waals surface area contributed by atoms with Gasteiger partial charge in [-0.1, -0.05) is 0 Å². The number of rotatable bonds is 4. The summed E-state index contributed by atoms with van der Waals surface area (Å²) >= 11 is 5.99. The van der Waals surface area contributed by atoms with Crippen LogP contribution in [0.2, 0.25) is 0 Å². The van der Waals surface area contributed by atoms with Gasteiger partial charge in [-0.25, -0.2) is 0 Å². The summed E-state index contributed by atoms with van der Waals surface area (Å²) in [5.41, 5.74) is 0. The highest BCUT2D eigenvalue weighted by atomic mass is 35.5. The Morgan fingerprint density at radius 3 is 2.92 bits per heavy atom. The van der Waals surface area contributed by atoms with E-state index in [4.69, 9.17) is 21.4 Å². The fourth-order valence-electron chi connectivity index (χ4n) is 1.52. The molecule has 0 spiro atoms. The monoisotopic (exact) mass is 192 g/mol.